The summed E-state index contributed by atoms with van der Waals surface area (Å²) in [5.41, 5.74) is 0. The van der Waals surface area contributed by atoms with Gasteiger partial charge in [-0.05, 0) is 25.5 Å². The number of hydrogen-bond acceptors (Lipinski definition) is 4. The summed E-state index contributed by atoms with van der Waals surface area (Å²) < 4.78 is 12.2. The average molecular weight is 316 g/mol. The summed E-state index contributed by atoms with van der Waals surface area (Å²) in [7, 11) is 0. The third-order valence-electron chi connectivity index (χ3n) is 3.93. The molecule has 1 spiro atoms. The maximum Gasteiger partial charge on any atom is 0.230 e. The van der Waals surface area contributed by atoms with Crippen LogP contribution in [-0.2, 0) is 14.3 Å². The van der Waals surface area contributed by atoms with Crippen molar-refractivity contribution >= 4 is 28.8 Å². The molecule has 0 saturated carbocycles. The minimum atomic E-state index is -0.555. The first kappa shape index (κ1) is 14.3. The van der Waals surface area contributed by atoms with Crippen LogP contribution in [0.15, 0.2) is 12.1 Å². The molecule has 20 heavy (non-hydrogen) atoms. The fraction of sp³-hybridized carbons (Fsp3) is 0.643. The molecule has 2 aliphatic rings. The Morgan fingerprint density at radius 1 is 1.45 bits per heavy atom. The summed E-state index contributed by atoms with van der Waals surface area (Å²) in [6.07, 6.45) is 1.79. The molecule has 0 unspecified atom stereocenters. The number of ether oxygens (including phenoxy) is 2. The van der Waals surface area contributed by atoms with E-state index >= 15 is 0 Å². The van der Waals surface area contributed by atoms with E-state index in [1.54, 1.807) is 0 Å². The van der Waals surface area contributed by atoms with Gasteiger partial charge in [-0.1, -0.05) is 11.6 Å². The normalized spacial score (nSPS) is 23.2. The first-order valence-electron chi connectivity index (χ1n) is 6.92. The highest BCUT2D eigenvalue weighted by Gasteiger charge is 2.42. The third kappa shape index (κ3) is 2.72. The molecule has 0 N–H and O–H groups in total. The van der Waals surface area contributed by atoms with E-state index in [1.165, 1.54) is 11.3 Å². The smallest absolute Gasteiger partial charge is 0.230 e. The predicted octanol–water partition coefficient (Wildman–Crippen LogP) is 2.87. The minimum Gasteiger partial charge on any atom is -0.346 e. The van der Waals surface area contributed by atoms with Crippen LogP contribution in [0.3, 0.4) is 0 Å². The number of hydrogen-bond donors (Lipinski definition) is 0. The van der Waals surface area contributed by atoms with E-state index in [9.17, 15) is 4.79 Å². The van der Waals surface area contributed by atoms with E-state index in [-0.39, 0.29) is 11.8 Å². The van der Waals surface area contributed by atoms with Gasteiger partial charge < -0.3 is 14.4 Å². The second kappa shape index (κ2) is 5.64. The molecule has 0 aliphatic carbocycles. The number of nitrogens with zero attached hydrogens (tertiary/aromatic N) is 1. The van der Waals surface area contributed by atoms with E-state index < -0.39 is 5.79 Å². The predicted molar refractivity (Wildman–Crippen MR) is 78.2 cm³/mol. The molecule has 1 aromatic heterocycles. The second-order valence-corrected chi connectivity index (χ2v) is 7.08. The van der Waals surface area contributed by atoms with Crippen molar-refractivity contribution in [2.45, 2.75) is 31.5 Å². The Hall–Kier alpha value is -0.620. The van der Waals surface area contributed by atoms with Gasteiger partial charge in [0.25, 0.3) is 0 Å². The Labute approximate surface area is 127 Å². The van der Waals surface area contributed by atoms with Gasteiger partial charge in [0.15, 0.2) is 5.79 Å². The zero-order valence-electron chi connectivity index (χ0n) is 11.4. The number of likely N-dealkylation sites (tertiary alicyclic amines) is 1. The lowest BCUT2D eigenvalue weighted by Gasteiger charge is -2.39. The van der Waals surface area contributed by atoms with Crippen LogP contribution in [0.5, 0.6) is 0 Å². The van der Waals surface area contributed by atoms with Crippen molar-refractivity contribution in [1.82, 2.24) is 4.90 Å². The van der Waals surface area contributed by atoms with Crippen molar-refractivity contribution in [2.75, 3.05) is 26.3 Å². The van der Waals surface area contributed by atoms with Crippen molar-refractivity contribution in [1.29, 1.82) is 0 Å². The fourth-order valence-corrected chi connectivity index (χ4v) is 3.97. The summed E-state index contributed by atoms with van der Waals surface area (Å²) in [4.78, 5) is 15.5. The molecule has 0 aromatic carbocycles. The lowest BCUT2D eigenvalue weighted by atomic mass is 10.0. The molecule has 2 aliphatic heterocycles. The van der Waals surface area contributed by atoms with Crippen molar-refractivity contribution in [3.05, 3.63) is 21.3 Å². The first-order valence-corrected chi connectivity index (χ1v) is 8.11. The van der Waals surface area contributed by atoms with Crippen molar-refractivity contribution in [3.63, 3.8) is 0 Å². The van der Waals surface area contributed by atoms with Gasteiger partial charge in [0, 0.05) is 17.8 Å². The molecule has 1 atom stereocenters. The standard InChI is InChI=1S/C14H18ClNO3S/c1-10(11-3-4-12(15)20-11)13(17)16-6-2-5-14(9-16)18-7-8-19-14/h3-4,10H,2,5-9H2,1H3/t10-/m1/s1. The molecule has 0 radical (unpaired) electrons. The van der Waals surface area contributed by atoms with Crippen LogP contribution in [-0.4, -0.2) is 42.9 Å². The van der Waals surface area contributed by atoms with E-state index in [2.05, 4.69) is 0 Å². The van der Waals surface area contributed by atoms with E-state index in [0.29, 0.717) is 19.8 Å². The third-order valence-corrected chi connectivity index (χ3v) is 5.35. The van der Waals surface area contributed by atoms with Gasteiger partial charge >= 0.3 is 0 Å². The van der Waals surface area contributed by atoms with Crippen molar-refractivity contribution in [3.8, 4) is 0 Å². The van der Waals surface area contributed by atoms with Crippen LogP contribution in [0, 0.1) is 0 Å². The lowest BCUT2D eigenvalue weighted by molar-refractivity contribution is -0.193. The average Bonchev–Trinajstić information content (AvgIpc) is 3.07. The highest BCUT2D eigenvalue weighted by molar-refractivity contribution is 7.16. The zero-order valence-corrected chi connectivity index (χ0v) is 13.0. The Kier molecular flexibility index (Phi) is 4.04. The van der Waals surface area contributed by atoms with Gasteiger partial charge in [0.2, 0.25) is 5.91 Å². The van der Waals surface area contributed by atoms with E-state index in [0.717, 1.165) is 28.6 Å². The molecule has 2 saturated heterocycles. The summed E-state index contributed by atoms with van der Waals surface area (Å²) in [6.45, 7) is 4.49. The molecule has 2 fully saturated rings. The molecular formula is C14H18ClNO3S. The van der Waals surface area contributed by atoms with Gasteiger partial charge in [-0.3, -0.25) is 4.79 Å². The Bertz CT molecular complexity index is 498. The van der Waals surface area contributed by atoms with Crippen LogP contribution in [0.1, 0.15) is 30.6 Å². The Morgan fingerprint density at radius 2 is 2.20 bits per heavy atom. The quantitative estimate of drug-likeness (QED) is 0.842. The molecule has 110 valence electrons. The second-order valence-electron chi connectivity index (χ2n) is 5.33. The number of amides is 1. The van der Waals surface area contributed by atoms with E-state index in [1.807, 2.05) is 24.0 Å². The molecule has 3 heterocycles. The van der Waals surface area contributed by atoms with Gasteiger partial charge in [-0.2, -0.15) is 0 Å². The van der Waals surface area contributed by atoms with Gasteiger partial charge in [-0.25, -0.2) is 0 Å². The van der Waals surface area contributed by atoms with Crippen LogP contribution >= 0.6 is 22.9 Å². The topological polar surface area (TPSA) is 38.8 Å². The molecule has 6 heteroatoms. The van der Waals surface area contributed by atoms with E-state index in [4.69, 9.17) is 21.1 Å². The zero-order chi connectivity index (χ0) is 14.2. The van der Waals surface area contributed by atoms with Gasteiger partial charge in [-0.15, -0.1) is 11.3 Å². The number of carbonyl (C=O) groups is 1. The summed E-state index contributed by atoms with van der Waals surface area (Å²) in [6, 6.07) is 3.77. The fourth-order valence-electron chi connectivity index (χ4n) is 2.87. The highest BCUT2D eigenvalue weighted by atomic mass is 35.5. The summed E-state index contributed by atoms with van der Waals surface area (Å²) in [5, 5.41) is 0. The largest absolute Gasteiger partial charge is 0.346 e. The van der Waals surface area contributed by atoms with Crippen LogP contribution < -0.4 is 0 Å². The summed E-state index contributed by atoms with van der Waals surface area (Å²) in [5.74, 6) is -0.591. The maximum absolute atomic E-state index is 12.6. The maximum atomic E-state index is 12.6. The number of piperidine rings is 1. The molecule has 1 aromatic rings. The monoisotopic (exact) mass is 315 g/mol. The Balaban J connectivity index is 1.70. The van der Waals surface area contributed by atoms with Crippen LogP contribution in [0.4, 0.5) is 0 Å². The van der Waals surface area contributed by atoms with Crippen molar-refractivity contribution in [2.24, 2.45) is 0 Å². The van der Waals surface area contributed by atoms with Gasteiger partial charge in [0.05, 0.1) is 30.0 Å². The Morgan fingerprint density at radius 3 is 2.85 bits per heavy atom. The molecular weight excluding hydrogens is 298 g/mol. The van der Waals surface area contributed by atoms with Crippen LogP contribution in [0.25, 0.3) is 0 Å². The highest BCUT2D eigenvalue weighted by Crippen LogP contribution is 2.33. The van der Waals surface area contributed by atoms with Crippen LogP contribution in [0.2, 0.25) is 4.34 Å². The lowest BCUT2D eigenvalue weighted by Crippen LogP contribution is -2.51. The number of thiophene rings is 1. The molecule has 4 nitrogen and oxygen atoms in total. The molecule has 3 rings (SSSR count). The number of carbonyl (C=O) groups excluding carboxylic acids is 1. The first-order chi connectivity index (χ1) is 9.60. The van der Waals surface area contributed by atoms with Crippen molar-refractivity contribution < 1.29 is 14.3 Å². The minimum absolute atomic E-state index is 0.127. The number of rotatable bonds is 2. The molecule has 1 amide bonds. The summed E-state index contributed by atoms with van der Waals surface area (Å²) >= 11 is 7.41. The molecule has 0 bridgehead atoms. The number of halogens is 1. The SMILES string of the molecule is C[C@@H](C(=O)N1CCCC2(C1)OCCO2)c1ccc(Cl)s1. The van der Waals surface area contributed by atoms with Gasteiger partial charge in [0.1, 0.15) is 0 Å².